The van der Waals surface area contributed by atoms with E-state index in [4.69, 9.17) is 17.3 Å². The molecule has 0 fully saturated rings. The summed E-state index contributed by atoms with van der Waals surface area (Å²) in [6, 6.07) is 9.95. The monoisotopic (exact) mass is 371 g/mol. The van der Waals surface area contributed by atoms with Gasteiger partial charge in [0, 0.05) is 29.5 Å². The van der Waals surface area contributed by atoms with Crippen molar-refractivity contribution >= 4 is 35.1 Å². The molecule has 0 radical (unpaired) electrons. The van der Waals surface area contributed by atoms with E-state index in [1.807, 2.05) is 0 Å². The Kier molecular flexibility index (Phi) is 4.65. The number of aromatic nitrogens is 1. The largest absolute Gasteiger partial charge is 0.369 e. The van der Waals surface area contributed by atoms with Gasteiger partial charge in [-0.05, 0) is 43.3 Å². The third-order valence-corrected chi connectivity index (χ3v) is 4.50. The van der Waals surface area contributed by atoms with Gasteiger partial charge in [-0.15, -0.1) is 0 Å². The highest BCUT2D eigenvalue weighted by Crippen LogP contribution is 2.32. The van der Waals surface area contributed by atoms with Crippen LogP contribution in [-0.4, -0.2) is 34.7 Å². The zero-order valence-corrected chi connectivity index (χ0v) is 15.1. The number of pyridine rings is 1. The standard InChI is InChI=1S/C18H18ClN5O2/c1-18(10-15(25)24(2)17(20)23-18)14-9-13(7-8-21-14)22-16(26)11-3-5-12(19)6-4-11/h3-9H,10H2,1-2H3,(H2,20,23)(H,21,22,26). The van der Waals surface area contributed by atoms with E-state index in [9.17, 15) is 9.59 Å². The highest BCUT2D eigenvalue weighted by atomic mass is 35.5. The van der Waals surface area contributed by atoms with Gasteiger partial charge in [0.25, 0.3) is 5.91 Å². The molecule has 2 aromatic rings. The minimum Gasteiger partial charge on any atom is -0.369 e. The van der Waals surface area contributed by atoms with Crippen molar-refractivity contribution in [3.8, 4) is 0 Å². The van der Waals surface area contributed by atoms with E-state index < -0.39 is 5.54 Å². The van der Waals surface area contributed by atoms with E-state index in [1.54, 1.807) is 56.6 Å². The number of carbonyl (C=O) groups excluding carboxylic acids is 2. The number of hydrogen-bond acceptors (Lipinski definition) is 5. The predicted octanol–water partition coefficient (Wildman–Crippen LogP) is 2.38. The minimum absolute atomic E-state index is 0.140. The molecular formula is C18H18ClN5O2. The van der Waals surface area contributed by atoms with Gasteiger partial charge in [-0.3, -0.25) is 19.5 Å². The highest BCUT2D eigenvalue weighted by molar-refractivity contribution is 6.30. The van der Waals surface area contributed by atoms with Gasteiger partial charge in [0.1, 0.15) is 5.54 Å². The summed E-state index contributed by atoms with van der Waals surface area (Å²) in [6.07, 6.45) is 1.71. The summed E-state index contributed by atoms with van der Waals surface area (Å²) in [6.45, 7) is 1.79. The molecule has 2 heterocycles. The van der Waals surface area contributed by atoms with Crippen LogP contribution >= 0.6 is 11.6 Å². The Morgan fingerprint density at radius 3 is 2.65 bits per heavy atom. The zero-order valence-electron chi connectivity index (χ0n) is 14.4. The highest BCUT2D eigenvalue weighted by Gasteiger charge is 2.37. The second kappa shape index (κ2) is 6.76. The molecule has 1 aromatic heterocycles. The van der Waals surface area contributed by atoms with E-state index in [-0.39, 0.29) is 24.2 Å². The van der Waals surface area contributed by atoms with E-state index in [0.717, 1.165) is 0 Å². The van der Waals surface area contributed by atoms with Crippen molar-refractivity contribution in [2.75, 3.05) is 12.4 Å². The molecule has 0 aliphatic carbocycles. The van der Waals surface area contributed by atoms with Crippen molar-refractivity contribution < 1.29 is 9.59 Å². The van der Waals surface area contributed by atoms with Gasteiger partial charge in [0.05, 0.1) is 12.1 Å². The second-order valence-corrected chi connectivity index (χ2v) is 6.70. The molecule has 1 unspecified atom stereocenters. The van der Waals surface area contributed by atoms with Crippen LogP contribution in [0.15, 0.2) is 47.6 Å². The van der Waals surface area contributed by atoms with Crippen molar-refractivity contribution in [1.29, 1.82) is 0 Å². The summed E-state index contributed by atoms with van der Waals surface area (Å²) < 4.78 is 0. The summed E-state index contributed by atoms with van der Waals surface area (Å²) in [5, 5.41) is 3.37. The van der Waals surface area contributed by atoms with Gasteiger partial charge in [-0.2, -0.15) is 0 Å². The third kappa shape index (κ3) is 3.52. The lowest BCUT2D eigenvalue weighted by Crippen LogP contribution is -2.47. The maximum atomic E-state index is 12.4. The average molecular weight is 372 g/mol. The summed E-state index contributed by atoms with van der Waals surface area (Å²) in [5.41, 5.74) is 6.54. The lowest BCUT2D eigenvalue weighted by molar-refractivity contribution is -0.128. The molecule has 3 rings (SSSR count). The maximum Gasteiger partial charge on any atom is 0.255 e. The number of carbonyl (C=O) groups is 2. The summed E-state index contributed by atoms with van der Waals surface area (Å²) in [5.74, 6) is -0.273. The molecule has 1 aromatic carbocycles. The Morgan fingerprint density at radius 1 is 1.31 bits per heavy atom. The van der Waals surface area contributed by atoms with Crippen LogP contribution in [0.25, 0.3) is 0 Å². The minimum atomic E-state index is -0.880. The second-order valence-electron chi connectivity index (χ2n) is 6.26. The van der Waals surface area contributed by atoms with E-state index in [0.29, 0.717) is 22.0 Å². The number of anilines is 1. The van der Waals surface area contributed by atoms with E-state index >= 15 is 0 Å². The number of nitrogens with two attached hydrogens (primary N) is 1. The van der Waals surface area contributed by atoms with Crippen LogP contribution in [0, 0.1) is 0 Å². The van der Waals surface area contributed by atoms with Crippen molar-refractivity contribution in [3.63, 3.8) is 0 Å². The predicted molar refractivity (Wildman–Crippen MR) is 100 cm³/mol. The molecule has 1 atom stereocenters. The van der Waals surface area contributed by atoms with Crippen molar-refractivity contribution in [3.05, 3.63) is 58.9 Å². The first-order valence-electron chi connectivity index (χ1n) is 7.94. The molecule has 0 bridgehead atoms. The van der Waals surface area contributed by atoms with E-state index in [2.05, 4.69) is 15.3 Å². The van der Waals surface area contributed by atoms with Gasteiger partial charge in [-0.1, -0.05) is 11.6 Å². The molecule has 1 aliphatic rings. The number of nitrogens with zero attached hydrogens (tertiary/aromatic N) is 3. The molecule has 2 amide bonds. The number of aliphatic imine (C=N–C) groups is 1. The Hall–Kier alpha value is -2.93. The fraction of sp³-hybridized carbons (Fsp3) is 0.222. The van der Waals surface area contributed by atoms with Crippen LogP contribution in [0.3, 0.4) is 0 Å². The smallest absolute Gasteiger partial charge is 0.255 e. The number of nitrogens with one attached hydrogen (secondary N) is 1. The van der Waals surface area contributed by atoms with Gasteiger partial charge < -0.3 is 11.1 Å². The fourth-order valence-electron chi connectivity index (χ4n) is 2.66. The average Bonchev–Trinajstić information content (AvgIpc) is 2.60. The van der Waals surface area contributed by atoms with Gasteiger partial charge >= 0.3 is 0 Å². The van der Waals surface area contributed by atoms with Crippen molar-refractivity contribution in [2.45, 2.75) is 18.9 Å². The Labute approximate surface area is 155 Å². The van der Waals surface area contributed by atoms with Crippen LogP contribution in [-0.2, 0) is 10.3 Å². The molecule has 134 valence electrons. The molecular weight excluding hydrogens is 354 g/mol. The Balaban J connectivity index is 1.85. The topological polar surface area (TPSA) is 101 Å². The molecule has 26 heavy (non-hydrogen) atoms. The van der Waals surface area contributed by atoms with Crippen LogP contribution in [0.2, 0.25) is 5.02 Å². The summed E-state index contributed by atoms with van der Waals surface area (Å²) >= 11 is 5.84. The number of amides is 2. The summed E-state index contributed by atoms with van der Waals surface area (Å²) in [7, 11) is 1.58. The normalized spacial score (nSPS) is 19.9. The molecule has 0 spiro atoms. The SMILES string of the molecule is CN1C(=O)CC(C)(c2cc(NC(=O)c3ccc(Cl)cc3)ccn2)N=C1N. The van der Waals surface area contributed by atoms with Crippen LogP contribution in [0.5, 0.6) is 0 Å². The molecule has 7 nitrogen and oxygen atoms in total. The number of rotatable bonds is 3. The van der Waals surface area contributed by atoms with Crippen LogP contribution in [0.4, 0.5) is 5.69 Å². The number of halogens is 1. The van der Waals surface area contributed by atoms with E-state index in [1.165, 1.54) is 4.90 Å². The van der Waals surface area contributed by atoms with Crippen LogP contribution < -0.4 is 11.1 Å². The number of guanidine groups is 1. The molecule has 8 heteroatoms. The van der Waals surface area contributed by atoms with Crippen molar-refractivity contribution in [1.82, 2.24) is 9.88 Å². The van der Waals surface area contributed by atoms with Gasteiger partial charge in [0.2, 0.25) is 5.91 Å². The first kappa shape index (κ1) is 17.9. The van der Waals surface area contributed by atoms with Gasteiger partial charge in [0.15, 0.2) is 5.96 Å². The fourth-order valence-corrected chi connectivity index (χ4v) is 2.79. The zero-order chi connectivity index (χ0) is 18.9. The molecule has 3 N–H and O–H groups in total. The summed E-state index contributed by atoms with van der Waals surface area (Å²) in [4.78, 5) is 34.5. The van der Waals surface area contributed by atoms with Gasteiger partial charge in [-0.25, -0.2) is 4.99 Å². The number of benzene rings is 1. The quantitative estimate of drug-likeness (QED) is 0.864. The first-order chi connectivity index (χ1) is 12.3. The molecule has 0 saturated heterocycles. The Morgan fingerprint density at radius 2 is 2.00 bits per heavy atom. The van der Waals surface area contributed by atoms with Crippen LogP contribution in [0.1, 0.15) is 29.4 Å². The van der Waals surface area contributed by atoms with Crippen molar-refractivity contribution in [2.24, 2.45) is 10.7 Å². The lowest BCUT2D eigenvalue weighted by atomic mass is 9.91. The maximum absolute atomic E-state index is 12.4. The first-order valence-corrected chi connectivity index (χ1v) is 8.32. The third-order valence-electron chi connectivity index (χ3n) is 4.25. The molecule has 1 aliphatic heterocycles. The number of hydrogen-bond donors (Lipinski definition) is 2. The Bertz CT molecular complexity index is 897. The lowest BCUT2D eigenvalue weighted by Gasteiger charge is -2.32. The molecule has 0 saturated carbocycles.